The molecule has 110 valence electrons. The van der Waals surface area contributed by atoms with Crippen molar-refractivity contribution in [1.29, 1.82) is 0 Å². The van der Waals surface area contributed by atoms with E-state index in [2.05, 4.69) is 15.1 Å². The minimum Gasteiger partial charge on any atom is -0.497 e. The zero-order chi connectivity index (χ0) is 15.4. The van der Waals surface area contributed by atoms with Gasteiger partial charge in [-0.25, -0.2) is 5.43 Å². The van der Waals surface area contributed by atoms with E-state index < -0.39 is 0 Å². The molecule has 0 atom stereocenters. The average Bonchev–Trinajstić information content (AvgIpc) is 2.74. The third kappa shape index (κ3) is 3.31. The lowest BCUT2D eigenvalue weighted by Crippen LogP contribution is -2.17. The van der Waals surface area contributed by atoms with Crippen LogP contribution in [0.3, 0.4) is 0 Å². The van der Waals surface area contributed by atoms with Gasteiger partial charge in [-0.3, -0.25) is 4.79 Å². The lowest BCUT2D eigenvalue weighted by molar-refractivity contribution is 0.0955. The number of hydrazone groups is 1. The molecule has 1 N–H and O–H groups in total. The Labute approximate surface area is 124 Å². The Kier molecular flexibility index (Phi) is 4.42. The van der Waals surface area contributed by atoms with E-state index in [0.717, 1.165) is 17.0 Å². The van der Waals surface area contributed by atoms with Crippen LogP contribution in [-0.4, -0.2) is 23.8 Å². The Morgan fingerprint density at radius 3 is 2.48 bits per heavy atom. The Hall–Kier alpha value is -2.56. The summed E-state index contributed by atoms with van der Waals surface area (Å²) in [6, 6.07) is 8.90. The fourth-order valence-electron chi connectivity index (χ4n) is 1.98. The maximum atomic E-state index is 11.9. The van der Waals surface area contributed by atoms with Gasteiger partial charge in [0.15, 0.2) is 0 Å². The van der Waals surface area contributed by atoms with Crippen molar-refractivity contribution in [3.63, 3.8) is 0 Å². The van der Waals surface area contributed by atoms with Gasteiger partial charge in [-0.2, -0.15) is 5.10 Å². The van der Waals surface area contributed by atoms with Gasteiger partial charge >= 0.3 is 0 Å². The molecule has 0 fully saturated rings. The Bertz CT molecular complexity index is 670. The summed E-state index contributed by atoms with van der Waals surface area (Å²) in [6.45, 7) is 4.04. The van der Waals surface area contributed by atoms with Crippen LogP contribution < -0.4 is 10.2 Å². The van der Waals surface area contributed by atoms with Crippen LogP contribution in [0.2, 0.25) is 0 Å². The normalized spacial score (nSPS) is 10.9. The van der Waals surface area contributed by atoms with Gasteiger partial charge in [-0.1, -0.05) is 0 Å². The molecule has 0 spiro atoms. The number of nitrogens with one attached hydrogen (secondary N) is 1. The van der Waals surface area contributed by atoms with E-state index in [1.165, 1.54) is 0 Å². The maximum Gasteiger partial charge on any atom is 0.271 e. The highest BCUT2D eigenvalue weighted by Gasteiger charge is 2.05. The number of carbonyl (C=O) groups is 1. The molecule has 21 heavy (non-hydrogen) atoms. The first kappa shape index (κ1) is 14.8. The van der Waals surface area contributed by atoms with Crippen LogP contribution >= 0.6 is 0 Å². The van der Waals surface area contributed by atoms with E-state index in [4.69, 9.17) is 4.74 Å². The highest BCUT2D eigenvalue weighted by atomic mass is 16.5. The second-order valence-electron chi connectivity index (χ2n) is 4.81. The fraction of sp³-hybridized carbons (Fsp3) is 0.250. The number of methoxy groups -OCH3 is 1. The predicted molar refractivity (Wildman–Crippen MR) is 82.9 cm³/mol. The molecule has 1 amide bonds. The SMILES string of the molecule is COc1ccc(C(=O)N/N=C\c2cc(C)n(C)c2C)cc1. The number of rotatable bonds is 4. The molecule has 0 aliphatic rings. The Morgan fingerprint density at radius 1 is 1.29 bits per heavy atom. The molecule has 1 aromatic carbocycles. The van der Waals surface area contributed by atoms with Crippen molar-refractivity contribution in [1.82, 2.24) is 9.99 Å². The van der Waals surface area contributed by atoms with E-state index in [9.17, 15) is 4.79 Å². The number of aryl methyl sites for hydroxylation is 1. The van der Waals surface area contributed by atoms with Gasteiger partial charge < -0.3 is 9.30 Å². The van der Waals surface area contributed by atoms with Crippen LogP contribution in [0.1, 0.15) is 27.3 Å². The van der Waals surface area contributed by atoms with Gasteiger partial charge in [0.1, 0.15) is 5.75 Å². The lowest BCUT2D eigenvalue weighted by atomic mass is 10.2. The topological polar surface area (TPSA) is 55.6 Å². The van der Waals surface area contributed by atoms with E-state index in [-0.39, 0.29) is 5.91 Å². The number of carbonyl (C=O) groups excluding carboxylic acids is 1. The van der Waals surface area contributed by atoms with E-state index in [1.807, 2.05) is 27.0 Å². The summed E-state index contributed by atoms with van der Waals surface area (Å²) < 4.78 is 7.13. The van der Waals surface area contributed by atoms with Crippen LogP contribution in [0.15, 0.2) is 35.4 Å². The first-order valence-corrected chi connectivity index (χ1v) is 6.63. The molecule has 0 saturated carbocycles. The molecule has 2 aromatic rings. The minimum atomic E-state index is -0.251. The molecule has 0 saturated heterocycles. The van der Waals surface area contributed by atoms with Crippen molar-refractivity contribution in [2.75, 3.05) is 7.11 Å². The number of hydrogen-bond acceptors (Lipinski definition) is 3. The van der Waals surface area contributed by atoms with E-state index >= 15 is 0 Å². The summed E-state index contributed by atoms with van der Waals surface area (Å²) in [5, 5.41) is 4.01. The van der Waals surface area contributed by atoms with E-state index in [0.29, 0.717) is 11.3 Å². The summed E-state index contributed by atoms with van der Waals surface area (Å²) in [4.78, 5) is 11.9. The molecular formula is C16H19N3O2. The molecule has 0 aliphatic heterocycles. The molecule has 1 heterocycles. The number of nitrogens with zero attached hydrogens (tertiary/aromatic N) is 2. The van der Waals surface area contributed by atoms with Crippen molar-refractivity contribution in [2.45, 2.75) is 13.8 Å². The van der Waals surface area contributed by atoms with E-state index in [1.54, 1.807) is 37.6 Å². The molecule has 0 unspecified atom stereocenters. The van der Waals surface area contributed by atoms with Crippen molar-refractivity contribution < 1.29 is 9.53 Å². The minimum absolute atomic E-state index is 0.251. The van der Waals surface area contributed by atoms with Gasteiger partial charge in [-0.05, 0) is 44.2 Å². The smallest absolute Gasteiger partial charge is 0.271 e. The second kappa shape index (κ2) is 6.26. The standard InChI is InChI=1S/C16H19N3O2/c1-11-9-14(12(2)19(11)3)10-17-18-16(20)13-5-7-15(21-4)8-6-13/h5-10H,1-4H3,(H,18,20)/b17-10-. The largest absolute Gasteiger partial charge is 0.497 e. The Balaban J connectivity index is 2.02. The third-order valence-corrected chi connectivity index (χ3v) is 3.54. The third-order valence-electron chi connectivity index (χ3n) is 3.54. The van der Waals surface area contributed by atoms with Gasteiger partial charge in [0.25, 0.3) is 5.91 Å². The summed E-state index contributed by atoms with van der Waals surface area (Å²) >= 11 is 0. The fourth-order valence-corrected chi connectivity index (χ4v) is 1.98. The first-order chi connectivity index (χ1) is 10.0. The highest BCUT2D eigenvalue weighted by molar-refractivity contribution is 5.95. The number of amides is 1. The monoisotopic (exact) mass is 285 g/mol. The van der Waals surface area contributed by atoms with Gasteiger partial charge in [0, 0.05) is 29.6 Å². The highest BCUT2D eigenvalue weighted by Crippen LogP contribution is 2.12. The maximum absolute atomic E-state index is 11.9. The van der Waals surface area contributed by atoms with Gasteiger partial charge in [-0.15, -0.1) is 0 Å². The zero-order valence-electron chi connectivity index (χ0n) is 12.7. The summed E-state index contributed by atoms with van der Waals surface area (Å²) in [7, 11) is 3.58. The summed E-state index contributed by atoms with van der Waals surface area (Å²) in [6.07, 6.45) is 1.66. The molecule has 0 radical (unpaired) electrons. The van der Waals surface area contributed by atoms with Crippen LogP contribution in [0.4, 0.5) is 0 Å². The van der Waals surface area contributed by atoms with Crippen LogP contribution in [0.25, 0.3) is 0 Å². The molecule has 1 aromatic heterocycles. The summed E-state index contributed by atoms with van der Waals surface area (Å²) in [5.41, 5.74) is 6.30. The van der Waals surface area contributed by atoms with Crippen molar-refractivity contribution in [3.05, 3.63) is 52.8 Å². The number of ether oxygens (including phenoxy) is 1. The van der Waals surface area contributed by atoms with Crippen LogP contribution in [0, 0.1) is 13.8 Å². The molecule has 0 bridgehead atoms. The van der Waals surface area contributed by atoms with Crippen LogP contribution in [0.5, 0.6) is 5.75 Å². The number of benzene rings is 1. The number of aromatic nitrogens is 1. The molecule has 5 nitrogen and oxygen atoms in total. The van der Waals surface area contributed by atoms with Gasteiger partial charge in [0.2, 0.25) is 0 Å². The molecule has 0 aliphatic carbocycles. The molecule has 5 heteroatoms. The quantitative estimate of drug-likeness (QED) is 0.693. The molecular weight excluding hydrogens is 266 g/mol. The average molecular weight is 285 g/mol. The lowest BCUT2D eigenvalue weighted by Gasteiger charge is -2.02. The first-order valence-electron chi connectivity index (χ1n) is 6.63. The summed E-state index contributed by atoms with van der Waals surface area (Å²) in [5.74, 6) is 0.463. The van der Waals surface area contributed by atoms with Crippen molar-refractivity contribution >= 4 is 12.1 Å². The zero-order valence-corrected chi connectivity index (χ0v) is 12.7. The number of hydrogen-bond donors (Lipinski definition) is 1. The predicted octanol–water partition coefficient (Wildman–Crippen LogP) is 2.41. The Morgan fingerprint density at radius 2 is 1.95 bits per heavy atom. The van der Waals surface area contributed by atoms with Crippen LogP contribution in [-0.2, 0) is 7.05 Å². The van der Waals surface area contributed by atoms with Crippen molar-refractivity contribution in [2.24, 2.45) is 12.1 Å². The molecule has 2 rings (SSSR count). The second-order valence-corrected chi connectivity index (χ2v) is 4.81. The van der Waals surface area contributed by atoms with Gasteiger partial charge in [0.05, 0.1) is 13.3 Å². The van der Waals surface area contributed by atoms with Crippen molar-refractivity contribution in [3.8, 4) is 5.75 Å².